The minimum atomic E-state index is -0.370. The summed E-state index contributed by atoms with van der Waals surface area (Å²) in [7, 11) is 0. The summed E-state index contributed by atoms with van der Waals surface area (Å²) in [5, 5.41) is 6.70. The molecule has 0 atom stereocenters. The van der Waals surface area contributed by atoms with E-state index >= 15 is 0 Å². The summed E-state index contributed by atoms with van der Waals surface area (Å²) in [6.45, 7) is 0. The van der Waals surface area contributed by atoms with Crippen LogP contribution in [-0.4, -0.2) is 11.1 Å². The lowest BCUT2D eigenvalue weighted by atomic mass is 10.1. The predicted molar refractivity (Wildman–Crippen MR) is 103 cm³/mol. The van der Waals surface area contributed by atoms with E-state index in [0.717, 1.165) is 5.56 Å². The van der Waals surface area contributed by atoms with E-state index < -0.39 is 0 Å². The maximum absolute atomic E-state index is 12.6. The van der Waals surface area contributed by atoms with Crippen LogP contribution in [0, 0.1) is 0 Å². The number of anilines is 1. The molecule has 0 bridgehead atoms. The van der Waals surface area contributed by atoms with Crippen LogP contribution in [-0.2, 0) is 0 Å². The van der Waals surface area contributed by atoms with Gasteiger partial charge in [-0.25, -0.2) is 0 Å². The fourth-order valence-electron chi connectivity index (χ4n) is 2.58. The second-order valence-corrected chi connectivity index (χ2v) is 5.81. The maximum atomic E-state index is 12.6. The van der Waals surface area contributed by atoms with E-state index in [0.29, 0.717) is 22.9 Å². The number of rotatable bonds is 5. The highest BCUT2D eigenvalue weighted by molar-refractivity contribution is 6.04. The zero-order valence-electron chi connectivity index (χ0n) is 14.3. The number of para-hydroxylation sites is 3. The summed E-state index contributed by atoms with van der Waals surface area (Å²) < 4.78 is 11.2. The third-order valence-electron chi connectivity index (χ3n) is 3.91. The standard InChI is InChI=1S/C22H16N2O3/c25-22(19-15-21(27-24-19)16-9-3-1-4-10-16)23-18-13-7-8-14-20(18)26-17-11-5-2-6-12-17/h1-15H,(H,23,25). The van der Waals surface area contributed by atoms with Crippen LogP contribution in [0.2, 0.25) is 0 Å². The second-order valence-electron chi connectivity index (χ2n) is 5.81. The Morgan fingerprint density at radius 2 is 1.52 bits per heavy atom. The number of carbonyl (C=O) groups excluding carboxylic acids is 1. The molecule has 0 aliphatic heterocycles. The molecule has 4 aromatic rings. The molecule has 1 heterocycles. The molecular formula is C22H16N2O3. The first-order valence-electron chi connectivity index (χ1n) is 8.45. The lowest BCUT2D eigenvalue weighted by molar-refractivity contribution is 0.101. The monoisotopic (exact) mass is 356 g/mol. The van der Waals surface area contributed by atoms with Gasteiger partial charge in [-0.1, -0.05) is 65.8 Å². The zero-order chi connectivity index (χ0) is 18.5. The molecule has 1 N–H and O–H groups in total. The molecule has 5 heteroatoms. The zero-order valence-corrected chi connectivity index (χ0v) is 14.3. The van der Waals surface area contributed by atoms with Crippen molar-refractivity contribution in [1.29, 1.82) is 0 Å². The Balaban J connectivity index is 1.53. The Morgan fingerprint density at radius 3 is 2.30 bits per heavy atom. The number of ether oxygens (including phenoxy) is 1. The Labute approximate surface area is 156 Å². The molecule has 0 aliphatic carbocycles. The van der Waals surface area contributed by atoms with Gasteiger partial charge < -0.3 is 14.6 Å². The third kappa shape index (κ3) is 3.88. The van der Waals surface area contributed by atoms with E-state index in [1.165, 1.54) is 0 Å². The Bertz CT molecular complexity index is 1040. The van der Waals surface area contributed by atoms with Gasteiger partial charge in [0.2, 0.25) is 0 Å². The van der Waals surface area contributed by atoms with Crippen molar-refractivity contribution in [2.75, 3.05) is 5.32 Å². The number of nitrogens with one attached hydrogen (secondary N) is 1. The van der Waals surface area contributed by atoms with Gasteiger partial charge in [-0.05, 0) is 24.3 Å². The van der Waals surface area contributed by atoms with E-state index in [1.54, 1.807) is 18.2 Å². The quantitative estimate of drug-likeness (QED) is 0.521. The van der Waals surface area contributed by atoms with Crippen LogP contribution < -0.4 is 10.1 Å². The molecule has 1 aromatic heterocycles. The topological polar surface area (TPSA) is 64.4 Å². The smallest absolute Gasteiger partial charge is 0.277 e. The van der Waals surface area contributed by atoms with Gasteiger partial charge in [0.05, 0.1) is 5.69 Å². The van der Waals surface area contributed by atoms with Gasteiger partial charge in [0.25, 0.3) is 5.91 Å². The molecular weight excluding hydrogens is 340 g/mol. The average Bonchev–Trinajstić information content (AvgIpc) is 3.21. The van der Waals surface area contributed by atoms with Crippen LogP contribution in [0.4, 0.5) is 5.69 Å². The van der Waals surface area contributed by atoms with Crippen molar-refractivity contribution >= 4 is 11.6 Å². The summed E-state index contributed by atoms with van der Waals surface area (Å²) in [5.74, 6) is 1.40. The molecule has 0 saturated heterocycles. The largest absolute Gasteiger partial charge is 0.455 e. The van der Waals surface area contributed by atoms with Crippen LogP contribution in [0.3, 0.4) is 0 Å². The van der Waals surface area contributed by atoms with Crippen LogP contribution in [0.25, 0.3) is 11.3 Å². The van der Waals surface area contributed by atoms with Gasteiger partial charge in [0.1, 0.15) is 5.75 Å². The van der Waals surface area contributed by atoms with Gasteiger partial charge in [-0.15, -0.1) is 0 Å². The van der Waals surface area contributed by atoms with Crippen molar-refractivity contribution in [3.8, 4) is 22.8 Å². The minimum absolute atomic E-state index is 0.198. The van der Waals surface area contributed by atoms with Gasteiger partial charge in [0, 0.05) is 11.6 Å². The molecule has 0 aliphatic rings. The molecule has 0 spiro atoms. The van der Waals surface area contributed by atoms with Crippen LogP contribution >= 0.6 is 0 Å². The van der Waals surface area contributed by atoms with Crippen molar-refractivity contribution in [1.82, 2.24) is 5.16 Å². The summed E-state index contributed by atoms with van der Waals surface area (Å²) in [4.78, 5) is 12.6. The van der Waals surface area contributed by atoms with Gasteiger partial charge in [0.15, 0.2) is 17.2 Å². The van der Waals surface area contributed by atoms with Gasteiger partial charge in [-0.2, -0.15) is 0 Å². The maximum Gasteiger partial charge on any atom is 0.277 e. The first-order valence-corrected chi connectivity index (χ1v) is 8.45. The van der Waals surface area contributed by atoms with Crippen LogP contribution in [0.15, 0.2) is 95.5 Å². The molecule has 5 nitrogen and oxygen atoms in total. The lowest BCUT2D eigenvalue weighted by Crippen LogP contribution is -2.12. The highest BCUT2D eigenvalue weighted by atomic mass is 16.5. The molecule has 3 aromatic carbocycles. The molecule has 1 amide bonds. The SMILES string of the molecule is O=C(Nc1ccccc1Oc1ccccc1)c1cc(-c2ccccc2)on1. The third-order valence-corrected chi connectivity index (χ3v) is 3.91. The van der Waals surface area contributed by atoms with E-state index in [9.17, 15) is 4.79 Å². The van der Waals surface area contributed by atoms with Crippen molar-refractivity contribution in [3.05, 3.63) is 96.7 Å². The number of hydrogen-bond donors (Lipinski definition) is 1. The summed E-state index contributed by atoms with van der Waals surface area (Å²) >= 11 is 0. The summed E-state index contributed by atoms with van der Waals surface area (Å²) in [5.41, 5.74) is 1.61. The summed E-state index contributed by atoms with van der Waals surface area (Å²) in [6, 6.07) is 27.7. The average molecular weight is 356 g/mol. The summed E-state index contributed by atoms with van der Waals surface area (Å²) in [6.07, 6.45) is 0. The van der Waals surface area contributed by atoms with E-state index in [1.807, 2.05) is 72.8 Å². The number of amides is 1. The fourth-order valence-corrected chi connectivity index (χ4v) is 2.58. The number of carbonyl (C=O) groups is 1. The molecule has 0 unspecified atom stereocenters. The molecule has 4 rings (SSSR count). The highest BCUT2D eigenvalue weighted by Crippen LogP contribution is 2.29. The van der Waals surface area contributed by atoms with Crippen molar-refractivity contribution < 1.29 is 14.1 Å². The van der Waals surface area contributed by atoms with Crippen molar-refractivity contribution in [3.63, 3.8) is 0 Å². The molecule has 0 saturated carbocycles. The van der Waals surface area contributed by atoms with Gasteiger partial charge in [-0.3, -0.25) is 4.79 Å². The van der Waals surface area contributed by atoms with Crippen molar-refractivity contribution in [2.45, 2.75) is 0 Å². The minimum Gasteiger partial charge on any atom is -0.455 e. The molecule has 0 fully saturated rings. The van der Waals surface area contributed by atoms with E-state index in [-0.39, 0.29) is 11.6 Å². The first-order chi connectivity index (χ1) is 13.3. The normalized spacial score (nSPS) is 10.4. The lowest BCUT2D eigenvalue weighted by Gasteiger charge is -2.11. The molecule has 132 valence electrons. The number of benzene rings is 3. The number of hydrogen-bond acceptors (Lipinski definition) is 4. The van der Waals surface area contributed by atoms with Gasteiger partial charge >= 0.3 is 0 Å². The number of nitrogens with zero attached hydrogens (tertiary/aromatic N) is 1. The number of aromatic nitrogens is 1. The molecule has 27 heavy (non-hydrogen) atoms. The fraction of sp³-hybridized carbons (Fsp3) is 0. The van der Waals surface area contributed by atoms with Crippen LogP contribution in [0.1, 0.15) is 10.5 Å². The van der Waals surface area contributed by atoms with E-state index in [2.05, 4.69) is 10.5 Å². The Hall–Kier alpha value is -3.86. The first kappa shape index (κ1) is 16.6. The second kappa shape index (κ2) is 7.58. The Morgan fingerprint density at radius 1 is 0.852 bits per heavy atom. The predicted octanol–water partition coefficient (Wildman–Crippen LogP) is 5.39. The van der Waals surface area contributed by atoms with E-state index in [4.69, 9.17) is 9.26 Å². The Kier molecular flexibility index (Phi) is 4.66. The highest BCUT2D eigenvalue weighted by Gasteiger charge is 2.15. The molecule has 0 radical (unpaired) electrons. The van der Waals surface area contributed by atoms with Crippen LogP contribution in [0.5, 0.6) is 11.5 Å². The van der Waals surface area contributed by atoms with Crippen molar-refractivity contribution in [2.24, 2.45) is 0 Å².